The van der Waals surface area contributed by atoms with Gasteiger partial charge in [-0.2, -0.15) is 5.26 Å². The fourth-order valence-electron chi connectivity index (χ4n) is 1.30. The molecule has 0 unspecified atom stereocenters. The monoisotopic (exact) mass is 293 g/mol. The molecule has 0 radical (unpaired) electrons. The van der Waals surface area contributed by atoms with Crippen molar-refractivity contribution in [3.63, 3.8) is 0 Å². The lowest BCUT2D eigenvalue weighted by atomic mass is 10.3. The fraction of sp³-hybridized carbons (Fsp3) is 0.0909. The molecule has 0 amide bonds. The molecule has 0 N–H and O–H groups in total. The van der Waals surface area contributed by atoms with Crippen LogP contribution in [0.15, 0.2) is 22.2 Å². The molecule has 0 aliphatic carbocycles. The fourth-order valence-corrected chi connectivity index (χ4v) is 2.45. The van der Waals surface area contributed by atoms with Crippen molar-refractivity contribution in [1.29, 1.82) is 5.26 Å². The molecule has 0 fully saturated rings. The molecule has 0 spiro atoms. The molecule has 5 heteroatoms. The normalized spacial score (nSPS) is 10.8. The van der Waals surface area contributed by atoms with E-state index in [0.29, 0.717) is 5.69 Å². The summed E-state index contributed by atoms with van der Waals surface area (Å²) in [6.45, 7) is 0. The number of thiazole rings is 1. The molecule has 0 aliphatic heterocycles. The molecule has 80 valence electrons. The van der Waals surface area contributed by atoms with Crippen LogP contribution >= 0.6 is 27.3 Å². The Labute approximate surface area is 106 Å². The van der Waals surface area contributed by atoms with Crippen LogP contribution in [-0.4, -0.2) is 9.55 Å². The average Bonchev–Trinajstić information content (AvgIpc) is 2.82. The highest BCUT2D eigenvalue weighted by molar-refractivity contribution is 9.11. The van der Waals surface area contributed by atoms with Gasteiger partial charge in [0.1, 0.15) is 16.8 Å². The summed E-state index contributed by atoms with van der Waals surface area (Å²) in [5.74, 6) is 0. The number of aromatic nitrogens is 2. The maximum Gasteiger partial charge on any atom is 0.120 e. The van der Waals surface area contributed by atoms with Crippen LogP contribution in [0, 0.1) is 11.3 Å². The van der Waals surface area contributed by atoms with E-state index >= 15 is 0 Å². The predicted octanol–water partition coefficient (Wildman–Crippen LogP) is 3.29. The van der Waals surface area contributed by atoms with Crippen molar-refractivity contribution in [1.82, 2.24) is 9.55 Å². The molecule has 3 nitrogen and oxygen atoms in total. The molecule has 0 saturated heterocycles. The smallest absolute Gasteiger partial charge is 0.120 e. The number of rotatable bonds is 2. The van der Waals surface area contributed by atoms with Crippen molar-refractivity contribution < 1.29 is 0 Å². The van der Waals surface area contributed by atoms with Crippen LogP contribution in [0.5, 0.6) is 0 Å². The first-order valence-electron chi connectivity index (χ1n) is 4.55. The van der Waals surface area contributed by atoms with E-state index in [2.05, 4.69) is 27.0 Å². The summed E-state index contributed by atoms with van der Waals surface area (Å²) in [6, 6.07) is 3.97. The van der Waals surface area contributed by atoms with Crippen molar-refractivity contribution in [3.8, 4) is 6.07 Å². The number of hydrogen-bond acceptors (Lipinski definition) is 3. The highest BCUT2D eigenvalue weighted by Gasteiger charge is 1.99. The Hall–Kier alpha value is -1.38. The van der Waals surface area contributed by atoms with E-state index in [0.717, 1.165) is 14.4 Å². The molecule has 0 bridgehead atoms. The summed E-state index contributed by atoms with van der Waals surface area (Å²) in [4.78, 5) is 4.19. The quantitative estimate of drug-likeness (QED) is 0.853. The Bertz CT molecular complexity index is 574. The maximum absolute atomic E-state index is 8.81. The van der Waals surface area contributed by atoms with Gasteiger partial charge in [0, 0.05) is 13.2 Å². The zero-order valence-corrected chi connectivity index (χ0v) is 10.9. The van der Waals surface area contributed by atoms with Crippen LogP contribution in [-0.2, 0) is 7.05 Å². The molecule has 2 rings (SSSR count). The highest BCUT2D eigenvalue weighted by Crippen LogP contribution is 2.21. The highest BCUT2D eigenvalue weighted by atomic mass is 79.9. The number of nitrogens with zero attached hydrogens (tertiary/aromatic N) is 3. The summed E-state index contributed by atoms with van der Waals surface area (Å²) in [5.41, 5.74) is 1.66. The second-order valence-corrected chi connectivity index (χ2v) is 5.66. The van der Waals surface area contributed by atoms with Gasteiger partial charge in [-0.15, -0.1) is 11.3 Å². The third-order valence-corrected chi connectivity index (χ3v) is 3.50. The van der Waals surface area contributed by atoms with Gasteiger partial charge in [-0.3, -0.25) is 0 Å². The minimum Gasteiger partial charge on any atom is -0.342 e. The summed E-state index contributed by atoms with van der Waals surface area (Å²) >= 11 is 4.93. The standard InChI is InChI=1S/C11H8BrN3S/c1-15-7-8(4-9(15)5-13)2-3-11-14-6-10(12)16-11/h2-4,6-7H,1H3. The van der Waals surface area contributed by atoms with E-state index in [1.165, 1.54) is 0 Å². The first kappa shape index (κ1) is 11.1. The Balaban J connectivity index is 2.21. The molecular formula is C11H8BrN3S. The first-order chi connectivity index (χ1) is 7.69. The first-order valence-corrected chi connectivity index (χ1v) is 6.16. The molecule has 0 atom stereocenters. The van der Waals surface area contributed by atoms with Crippen LogP contribution in [0.3, 0.4) is 0 Å². The summed E-state index contributed by atoms with van der Waals surface area (Å²) < 4.78 is 2.81. The molecule has 0 aromatic carbocycles. The average molecular weight is 294 g/mol. The summed E-state index contributed by atoms with van der Waals surface area (Å²) in [5, 5.41) is 9.75. The number of aryl methyl sites for hydroxylation is 1. The number of nitriles is 1. The van der Waals surface area contributed by atoms with E-state index in [-0.39, 0.29) is 0 Å². The van der Waals surface area contributed by atoms with Gasteiger partial charge in [0.15, 0.2) is 0 Å². The van der Waals surface area contributed by atoms with Gasteiger partial charge in [0.2, 0.25) is 0 Å². The van der Waals surface area contributed by atoms with Gasteiger partial charge in [-0.05, 0) is 33.6 Å². The minimum atomic E-state index is 0.653. The molecule has 2 aromatic rings. The lowest BCUT2D eigenvalue weighted by Gasteiger charge is -1.87. The van der Waals surface area contributed by atoms with Crippen molar-refractivity contribution in [2.45, 2.75) is 0 Å². The Morgan fingerprint density at radius 2 is 2.38 bits per heavy atom. The van der Waals surface area contributed by atoms with Crippen molar-refractivity contribution in [2.24, 2.45) is 7.05 Å². The van der Waals surface area contributed by atoms with Gasteiger partial charge < -0.3 is 4.57 Å². The molecule has 2 heterocycles. The summed E-state index contributed by atoms with van der Waals surface area (Å²) in [6.07, 6.45) is 7.58. The lowest BCUT2D eigenvalue weighted by Crippen LogP contribution is -1.86. The van der Waals surface area contributed by atoms with Crippen LogP contribution in [0.25, 0.3) is 12.2 Å². The minimum absolute atomic E-state index is 0.653. The van der Waals surface area contributed by atoms with E-state index in [4.69, 9.17) is 5.26 Å². The second-order valence-electron chi connectivity index (χ2n) is 3.22. The van der Waals surface area contributed by atoms with Crippen LogP contribution in [0.1, 0.15) is 16.3 Å². The SMILES string of the molecule is Cn1cc(C=Cc2ncc(Br)s2)cc1C#N. The Morgan fingerprint density at radius 3 is 2.94 bits per heavy atom. The van der Waals surface area contributed by atoms with Gasteiger partial charge in [0.05, 0.1) is 9.98 Å². The number of halogens is 1. The number of hydrogen-bond donors (Lipinski definition) is 0. The predicted molar refractivity (Wildman–Crippen MR) is 68.9 cm³/mol. The molecule has 16 heavy (non-hydrogen) atoms. The zero-order chi connectivity index (χ0) is 11.5. The second kappa shape index (κ2) is 4.64. The molecular weight excluding hydrogens is 286 g/mol. The van der Waals surface area contributed by atoms with Gasteiger partial charge in [-0.25, -0.2) is 4.98 Å². The van der Waals surface area contributed by atoms with Crippen LogP contribution in [0.2, 0.25) is 0 Å². The van der Waals surface area contributed by atoms with Crippen LogP contribution in [0.4, 0.5) is 0 Å². The van der Waals surface area contributed by atoms with Crippen LogP contribution < -0.4 is 0 Å². The van der Waals surface area contributed by atoms with E-state index in [1.807, 2.05) is 31.5 Å². The Morgan fingerprint density at radius 1 is 1.56 bits per heavy atom. The van der Waals surface area contributed by atoms with Crippen molar-refractivity contribution in [2.75, 3.05) is 0 Å². The zero-order valence-electron chi connectivity index (χ0n) is 8.51. The third kappa shape index (κ3) is 2.40. The summed E-state index contributed by atoms with van der Waals surface area (Å²) in [7, 11) is 1.86. The topological polar surface area (TPSA) is 41.6 Å². The van der Waals surface area contributed by atoms with Gasteiger partial charge in [0.25, 0.3) is 0 Å². The van der Waals surface area contributed by atoms with Gasteiger partial charge in [-0.1, -0.05) is 6.08 Å². The molecule has 0 aliphatic rings. The maximum atomic E-state index is 8.81. The van der Waals surface area contributed by atoms with Crippen molar-refractivity contribution in [3.05, 3.63) is 38.5 Å². The van der Waals surface area contributed by atoms with E-state index in [1.54, 1.807) is 22.1 Å². The van der Waals surface area contributed by atoms with Gasteiger partial charge >= 0.3 is 0 Å². The largest absolute Gasteiger partial charge is 0.342 e. The molecule has 0 saturated carbocycles. The third-order valence-electron chi connectivity index (χ3n) is 2.05. The Kier molecular flexibility index (Phi) is 3.22. The van der Waals surface area contributed by atoms with E-state index < -0.39 is 0 Å². The molecule has 2 aromatic heterocycles. The van der Waals surface area contributed by atoms with E-state index in [9.17, 15) is 0 Å². The van der Waals surface area contributed by atoms with Crippen molar-refractivity contribution >= 4 is 39.4 Å². The lowest BCUT2D eigenvalue weighted by molar-refractivity contribution is 0.908.